The summed E-state index contributed by atoms with van der Waals surface area (Å²) in [5.41, 5.74) is 2.92. The summed E-state index contributed by atoms with van der Waals surface area (Å²) in [6, 6.07) is 16.2. The van der Waals surface area contributed by atoms with Crippen molar-refractivity contribution in [1.29, 1.82) is 0 Å². The van der Waals surface area contributed by atoms with Gasteiger partial charge in [0.1, 0.15) is 31.1 Å². The zero-order chi connectivity index (χ0) is 62.0. The molecule has 5 heterocycles. The summed E-state index contributed by atoms with van der Waals surface area (Å²) in [5.74, 6) is -3.41. The van der Waals surface area contributed by atoms with Gasteiger partial charge < -0.3 is 50.6 Å². The van der Waals surface area contributed by atoms with Crippen LogP contribution in [0, 0.1) is 18.2 Å². The van der Waals surface area contributed by atoms with Crippen LogP contribution in [0.3, 0.4) is 0 Å². The number of anilines is 2. The van der Waals surface area contributed by atoms with Crippen molar-refractivity contribution in [3.05, 3.63) is 123 Å². The number of benzene rings is 3. The molecule has 5 amide bonds. The van der Waals surface area contributed by atoms with E-state index in [1.54, 1.807) is 68.0 Å². The summed E-state index contributed by atoms with van der Waals surface area (Å²) in [4.78, 5) is 96.3. The van der Waals surface area contributed by atoms with E-state index in [4.69, 9.17) is 9.47 Å². The molecule has 3 aromatic carbocycles. The van der Waals surface area contributed by atoms with Crippen LogP contribution < -0.4 is 31.7 Å². The van der Waals surface area contributed by atoms with Gasteiger partial charge in [0.15, 0.2) is 0 Å². The van der Waals surface area contributed by atoms with E-state index in [0.29, 0.717) is 76.2 Å². The number of carbonyl (C=O) groups excluding carboxylic acids is 5. The third kappa shape index (κ3) is 16.9. The van der Waals surface area contributed by atoms with Crippen molar-refractivity contribution in [2.45, 2.75) is 97.5 Å². The van der Waals surface area contributed by atoms with Crippen molar-refractivity contribution in [3.63, 3.8) is 0 Å². The number of nitrogens with zero attached hydrogens (tertiary/aromatic N) is 6. The zero-order valence-corrected chi connectivity index (χ0v) is 50.3. The topological polar surface area (TPSA) is 234 Å². The molecule has 5 aromatic rings. The zero-order valence-electron chi connectivity index (χ0n) is 49.5. The van der Waals surface area contributed by atoms with Gasteiger partial charge in [-0.15, -0.1) is 11.3 Å². The van der Waals surface area contributed by atoms with E-state index in [9.17, 15) is 47.0 Å². The van der Waals surface area contributed by atoms with Gasteiger partial charge in [0.2, 0.25) is 29.2 Å². The molecule has 0 radical (unpaired) electrons. The summed E-state index contributed by atoms with van der Waals surface area (Å²) in [7, 11) is 2.01. The molecule has 0 spiro atoms. The smallest absolute Gasteiger partial charge is 0.391 e. The first-order chi connectivity index (χ1) is 40.8. The predicted octanol–water partition coefficient (Wildman–Crippen LogP) is 5.49. The molecule has 8 rings (SSSR count). The molecule has 3 aliphatic rings. The molecule has 3 saturated heterocycles. The van der Waals surface area contributed by atoms with Crippen LogP contribution in [0.2, 0.25) is 0 Å². The highest BCUT2D eigenvalue weighted by atomic mass is 32.1. The standard InChI is InChI=1S/C61H77F4N11O9S/c1-37-30-75(31-38(2)72(37)7)50-15-13-43(25-49(50)70-57(81)46-29-67-52(78)27-47(46)61(63,64)65)45-24-41(10-14-48(45)62)32-74-20-18-73(19-21-74)17-16-66-53(79)34-84-22-23-85-35-54(80)71-56(60(4,5)6)59(83)76-33-44(77)26-51(76)58(82)68-28-40-8-11-42(12-9-40)55-39(3)69-36-86-55/h8-15,24-25,27,29,36-38,44,51,56,77H,16-23,26,28,30-35H2,1-7H3,(H,66,79)(H,67,78)(H,68,82)(H,70,81)(H,71,80)/t37-,38+,44-,51+,56-/m1/s1. The maximum absolute atomic E-state index is 15.8. The van der Waals surface area contributed by atoms with E-state index in [2.05, 4.69) is 59.8 Å². The molecule has 25 heteroatoms. The normalized spacial score (nSPS) is 19.3. The number of hydrogen-bond acceptors (Lipinski definition) is 15. The Bertz CT molecular complexity index is 3250. The van der Waals surface area contributed by atoms with Crippen LogP contribution in [0.1, 0.15) is 73.8 Å². The molecule has 0 bridgehead atoms. The second kappa shape index (κ2) is 28.6. The molecule has 3 fully saturated rings. The van der Waals surface area contributed by atoms with E-state index in [1.165, 1.54) is 11.0 Å². The van der Waals surface area contributed by atoms with Crippen molar-refractivity contribution in [2.75, 3.05) is 103 Å². The number of piperazine rings is 2. The van der Waals surface area contributed by atoms with Gasteiger partial charge in [-0.25, -0.2) is 9.37 Å². The lowest BCUT2D eigenvalue weighted by molar-refractivity contribution is -0.144. The minimum Gasteiger partial charge on any atom is -0.391 e. The Labute approximate surface area is 501 Å². The first-order valence-electron chi connectivity index (χ1n) is 28.8. The Hall–Kier alpha value is -7.13. The number of rotatable bonds is 22. The molecule has 3 aliphatic heterocycles. The molecular formula is C61H77F4N11O9S. The van der Waals surface area contributed by atoms with Crippen molar-refractivity contribution < 1.29 is 56.1 Å². The number of H-pyrrole nitrogens is 1. The van der Waals surface area contributed by atoms with Crippen molar-refractivity contribution in [2.24, 2.45) is 5.41 Å². The lowest BCUT2D eigenvalue weighted by atomic mass is 9.85. The van der Waals surface area contributed by atoms with E-state index >= 15 is 4.39 Å². The SMILES string of the molecule is Cc1ncsc1-c1ccc(CNC(=O)[C@@H]2C[C@@H](O)CN2C(=O)[C@@H](NC(=O)COCCOCC(=O)NCCN2CCN(Cc3ccc(F)c(-c4ccc(N5C[C@@H](C)N(C)[C@@H](C)C5)c(NC(=O)c5c[nH]c(=O)cc5C(F)(F)F)c4)c3)CC2)C(C)(C)C)cc1. The number of aliphatic hydroxyl groups excluding tert-OH is 1. The number of alkyl halides is 3. The van der Waals surface area contributed by atoms with Crippen LogP contribution in [-0.2, 0) is 47.9 Å². The number of aliphatic hydroxyl groups is 1. The van der Waals surface area contributed by atoms with Crippen LogP contribution in [-0.4, -0.2) is 187 Å². The maximum atomic E-state index is 15.8. The minimum atomic E-state index is -4.98. The second-order valence-electron chi connectivity index (χ2n) is 23.4. The molecule has 5 atom stereocenters. The number of likely N-dealkylation sites (N-methyl/N-ethyl adjacent to an activating group) is 1. The number of nitrogens with one attached hydrogen (secondary N) is 5. The number of hydrogen-bond donors (Lipinski definition) is 6. The monoisotopic (exact) mass is 1220 g/mol. The summed E-state index contributed by atoms with van der Waals surface area (Å²) >= 11 is 1.55. The number of thiazole rings is 1. The average Bonchev–Trinajstić information content (AvgIpc) is 3.70. The maximum Gasteiger partial charge on any atom is 0.417 e. The summed E-state index contributed by atoms with van der Waals surface area (Å²) in [6.07, 6.45) is -5.10. The Morgan fingerprint density at radius 3 is 2.14 bits per heavy atom. The van der Waals surface area contributed by atoms with Gasteiger partial charge in [-0.1, -0.05) is 57.2 Å². The fourth-order valence-corrected chi connectivity index (χ4v) is 11.7. The van der Waals surface area contributed by atoms with Crippen molar-refractivity contribution in [3.8, 4) is 21.6 Å². The van der Waals surface area contributed by atoms with E-state index in [-0.39, 0.29) is 75.2 Å². The number of aromatic amines is 1. The lowest BCUT2D eigenvalue weighted by Gasteiger charge is -2.44. The predicted molar refractivity (Wildman–Crippen MR) is 319 cm³/mol. The lowest BCUT2D eigenvalue weighted by Crippen LogP contribution is -2.58. The number of carbonyl (C=O) groups is 5. The van der Waals surface area contributed by atoms with Gasteiger partial charge >= 0.3 is 6.18 Å². The van der Waals surface area contributed by atoms with Gasteiger partial charge in [-0.2, -0.15) is 13.2 Å². The molecule has 0 unspecified atom stereocenters. The number of aryl methyl sites for hydroxylation is 1. The van der Waals surface area contributed by atoms with E-state index in [1.807, 2.05) is 43.1 Å². The molecule has 464 valence electrons. The first-order valence-corrected chi connectivity index (χ1v) is 29.6. The first kappa shape index (κ1) is 64.9. The summed E-state index contributed by atoms with van der Waals surface area (Å²) in [6.45, 7) is 16.4. The average molecular weight is 1220 g/mol. The Morgan fingerprint density at radius 2 is 1.49 bits per heavy atom. The number of aromatic nitrogens is 2. The number of ether oxygens (including phenoxy) is 2. The van der Waals surface area contributed by atoms with Gasteiger partial charge in [-0.05, 0) is 79.8 Å². The molecule has 20 nitrogen and oxygen atoms in total. The number of pyridine rings is 1. The number of amides is 5. The minimum absolute atomic E-state index is 0.00543. The van der Waals surface area contributed by atoms with Gasteiger partial charge in [0, 0.05) is 108 Å². The van der Waals surface area contributed by atoms with E-state index in [0.717, 1.165) is 33.5 Å². The summed E-state index contributed by atoms with van der Waals surface area (Å²) in [5, 5.41) is 21.8. The number of likely N-dealkylation sites (tertiary alicyclic amines) is 1. The highest BCUT2D eigenvalue weighted by molar-refractivity contribution is 7.13. The Balaban J connectivity index is 0.745. The van der Waals surface area contributed by atoms with E-state index < -0.39 is 75.9 Å². The largest absolute Gasteiger partial charge is 0.417 e. The van der Waals surface area contributed by atoms with Gasteiger partial charge in [-0.3, -0.25) is 43.5 Å². The highest BCUT2D eigenvalue weighted by Crippen LogP contribution is 2.37. The van der Waals surface area contributed by atoms with Gasteiger partial charge in [0.05, 0.1) is 57.9 Å². The fraction of sp³-hybridized carbons (Fsp3) is 0.492. The molecule has 6 N–H and O–H groups in total. The molecule has 86 heavy (non-hydrogen) atoms. The van der Waals surface area contributed by atoms with Crippen LogP contribution >= 0.6 is 11.3 Å². The van der Waals surface area contributed by atoms with Crippen LogP contribution in [0.4, 0.5) is 28.9 Å². The quantitative estimate of drug-likeness (QED) is 0.0372. The van der Waals surface area contributed by atoms with Crippen LogP contribution in [0.25, 0.3) is 21.6 Å². The Morgan fingerprint density at radius 1 is 0.837 bits per heavy atom. The number of halogens is 4. The Kier molecular flexibility index (Phi) is 21.6. The summed E-state index contributed by atoms with van der Waals surface area (Å²) < 4.78 is 68.9. The second-order valence-corrected chi connectivity index (χ2v) is 24.3. The highest BCUT2D eigenvalue weighted by Gasteiger charge is 2.45. The molecule has 0 saturated carbocycles. The molecular weight excluding hydrogens is 1140 g/mol. The van der Waals surface area contributed by atoms with Crippen LogP contribution in [0.15, 0.2) is 83.2 Å². The number of β-amino-alcohol motifs (C(OH)–C–C–N with tert-alkyl or cyclic N) is 1. The molecule has 2 aromatic heterocycles. The van der Waals surface area contributed by atoms with Crippen molar-refractivity contribution >= 4 is 52.2 Å². The molecule has 0 aliphatic carbocycles. The van der Waals surface area contributed by atoms with Gasteiger partial charge in [0.25, 0.3) is 5.91 Å². The fourth-order valence-electron chi connectivity index (χ4n) is 10.9. The third-order valence-electron chi connectivity index (χ3n) is 15.9. The van der Waals surface area contributed by atoms with Crippen LogP contribution in [0.5, 0.6) is 0 Å². The van der Waals surface area contributed by atoms with Crippen molar-refractivity contribution in [1.82, 2.24) is 45.5 Å². The third-order valence-corrected chi connectivity index (χ3v) is 16.9.